The van der Waals surface area contributed by atoms with E-state index in [1.807, 2.05) is 32.7 Å². The number of nitrogens with zero attached hydrogens (tertiary/aromatic N) is 1. The number of likely N-dealkylation sites (tertiary alicyclic amines) is 1. The van der Waals surface area contributed by atoms with Crippen molar-refractivity contribution in [2.24, 2.45) is 0 Å². The SMILES string of the molecule is CC.CCSNC1C(Cc2cccc(-c3cccc(C)c3F)c2F)N(C)CC1(F)P.O=CC1CCO1. The highest BCUT2D eigenvalue weighted by molar-refractivity contribution is 7.97. The zero-order valence-electron chi connectivity index (χ0n) is 21.7. The fourth-order valence-electron chi connectivity index (χ4n) is 4.18. The normalized spacial score (nSPS) is 25.2. The summed E-state index contributed by atoms with van der Waals surface area (Å²) in [6, 6.07) is 9.33. The van der Waals surface area contributed by atoms with Gasteiger partial charge in [0.1, 0.15) is 24.0 Å². The van der Waals surface area contributed by atoms with Crippen molar-refractivity contribution in [2.45, 2.75) is 64.1 Å². The molecule has 5 atom stereocenters. The summed E-state index contributed by atoms with van der Waals surface area (Å²) in [6.07, 6.45) is 2.03. The van der Waals surface area contributed by atoms with Gasteiger partial charge in [0.2, 0.25) is 0 Å². The Balaban J connectivity index is 0.000000491. The fraction of sp³-hybridized carbons (Fsp3) is 0.519. The molecule has 2 aromatic rings. The average molecular weight is 543 g/mol. The lowest BCUT2D eigenvalue weighted by Crippen LogP contribution is -2.46. The van der Waals surface area contributed by atoms with Crippen LogP contribution in [-0.2, 0) is 16.0 Å². The number of carbonyl (C=O) groups excluding carboxylic acids is 1. The molecule has 0 spiro atoms. The van der Waals surface area contributed by atoms with Crippen molar-refractivity contribution in [1.82, 2.24) is 9.62 Å². The molecule has 2 heterocycles. The Labute approximate surface area is 220 Å². The van der Waals surface area contributed by atoms with Gasteiger partial charge in [0.15, 0.2) is 5.41 Å². The molecule has 2 saturated heterocycles. The van der Waals surface area contributed by atoms with Crippen LogP contribution >= 0.6 is 21.2 Å². The highest BCUT2D eigenvalue weighted by Crippen LogP contribution is 2.39. The van der Waals surface area contributed by atoms with E-state index in [1.165, 1.54) is 11.9 Å². The van der Waals surface area contributed by atoms with Gasteiger partial charge in [-0.15, -0.1) is 0 Å². The number of aldehydes is 1. The minimum absolute atomic E-state index is 0.0648. The predicted molar refractivity (Wildman–Crippen MR) is 147 cm³/mol. The van der Waals surface area contributed by atoms with Gasteiger partial charge in [-0.1, -0.05) is 78.4 Å². The molecule has 5 unspecified atom stereocenters. The third-order valence-corrected chi connectivity index (χ3v) is 7.44. The lowest BCUT2D eigenvalue weighted by molar-refractivity contribution is -0.129. The first-order chi connectivity index (χ1) is 17.2. The molecule has 1 N–H and O–H groups in total. The number of halogens is 3. The number of hydrogen-bond donors (Lipinski definition) is 1. The van der Waals surface area contributed by atoms with Crippen LogP contribution in [0.1, 0.15) is 38.3 Å². The summed E-state index contributed by atoms with van der Waals surface area (Å²) in [7, 11) is 4.15. The molecule has 0 saturated carbocycles. The van der Waals surface area contributed by atoms with Crippen molar-refractivity contribution in [3.05, 3.63) is 59.2 Å². The number of ether oxygens (including phenoxy) is 1. The van der Waals surface area contributed by atoms with Gasteiger partial charge in [-0.3, -0.25) is 9.62 Å². The number of hydrogen-bond acceptors (Lipinski definition) is 5. The molecule has 200 valence electrons. The average Bonchev–Trinajstić information content (AvgIpc) is 3.03. The van der Waals surface area contributed by atoms with Crippen LogP contribution in [0.15, 0.2) is 36.4 Å². The summed E-state index contributed by atoms with van der Waals surface area (Å²) in [4.78, 5) is 11.6. The molecule has 2 aliphatic heterocycles. The second-order valence-corrected chi connectivity index (χ2v) is 10.8. The Kier molecular flexibility index (Phi) is 12.4. The van der Waals surface area contributed by atoms with Crippen LogP contribution in [0, 0.1) is 18.6 Å². The van der Waals surface area contributed by atoms with E-state index in [2.05, 4.69) is 14.0 Å². The largest absolute Gasteiger partial charge is 0.371 e. The number of rotatable bonds is 7. The number of nitrogens with one attached hydrogen (secondary N) is 1. The maximum absolute atomic E-state index is 15.3. The van der Waals surface area contributed by atoms with Crippen LogP contribution in [0.3, 0.4) is 0 Å². The van der Waals surface area contributed by atoms with Gasteiger partial charge in [-0.2, -0.15) is 0 Å². The van der Waals surface area contributed by atoms with E-state index in [9.17, 15) is 9.18 Å². The van der Waals surface area contributed by atoms with Gasteiger partial charge in [0.25, 0.3) is 0 Å². The molecular weight excluding hydrogens is 504 g/mol. The second kappa shape index (κ2) is 14.5. The van der Waals surface area contributed by atoms with Crippen LogP contribution in [0.5, 0.6) is 0 Å². The van der Waals surface area contributed by atoms with Crippen molar-refractivity contribution in [1.29, 1.82) is 0 Å². The number of carbonyl (C=O) groups is 1. The van der Waals surface area contributed by atoms with E-state index in [1.54, 1.807) is 43.3 Å². The van der Waals surface area contributed by atoms with E-state index in [0.29, 0.717) is 17.5 Å². The quantitative estimate of drug-likeness (QED) is 0.266. The van der Waals surface area contributed by atoms with Crippen molar-refractivity contribution in [3.8, 4) is 11.1 Å². The summed E-state index contributed by atoms with van der Waals surface area (Å²) in [6.45, 7) is 8.67. The first kappa shape index (κ1) is 30.8. The fourth-order valence-corrected chi connectivity index (χ4v) is 5.60. The van der Waals surface area contributed by atoms with E-state index >= 15 is 8.78 Å². The molecule has 36 heavy (non-hydrogen) atoms. The maximum atomic E-state index is 15.3. The number of likely N-dealkylation sites (N-methyl/N-ethyl adjacent to an activating group) is 1. The van der Waals surface area contributed by atoms with E-state index in [-0.39, 0.29) is 29.8 Å². The molecule has 0 amide bonds. The summed E-state index contributed by atoms with van der Waals surface area (Å²) < 4.78 is 52.8. The zero-order chi connectivity index (χ0) is 26.9. The van der Waals surface area contributed by atoms with Crippen LogP contribution in [0.4, 0.5) is 13.2 Å². The third kappa shape index (κ3) is 7.55. The molecule has 2 aromatic carbocycles. The number of benzene rings is 2. The molecule has 0 bridgehead atoms. The smallest absolute Gasteiger partial charge is 0.153 e. The lowest BCUT2D eigenvalue weighted by atomic mass is 9.95. The summed E-state index contributed by atoms with van der Waals surface area (Å²) in [5.74, 6) is -0.0463. The number of aryl methyl sites for hydroxylation is 1. The van der Waals surface area contributed by atoms with Crippen LogP contribution in [-0.4, -0.2) is 60.7 Å². The van der Waals surface area contributed by atoms with Gasteiger partial charge in [-0.05, 0) is 31.5 Å². The third-order valence-electron chi connectivity index (χ3n) is 6.19. The first-order valence-electron chi connectivity index (χ1n) is 12.3. The van der Waals surface area contributed by atoms with Crippen LogP contribution in [0.25, 0.3) is 11.1 Å². The second-order valence-electron chi connectivity index (χ2n) is 8.69. The van der Waals surface area contributed by atoms with Crippen molar-refractivity contribution >= 4 is 27.5 Å². The monoisotopic (exact) mass is 542 g/mol. The first-order valence-corrected chi connectivity index (χ1v) is 13.9. The van der Waals surface area contributed by atoms with Gasteiger partial charge in [0.05, 0.1) is 12.6 Å². The Morgan fingerprint density at radius 1 is 1.19 bits per heavy atom. The summed E-state index contributed by atoms with van der Waals surface area (Å²) in [5.41, 5.74) is 1.43. The van der Waals surface area contributed by atoms with Crippen LogP contribution in [0.2, 0.25) is 0 Å². The van der Waals surface area contributed by atoms with Gasteiger partial charge >= 0.3 is 0 Å². The topological polar surface area (TPSA) is 41.6 Å². The van der Waals surface area contributed by atoms with Gasteiger partial charge < -0.3 is 9.53 Å². The molecule has 0 aromatic heterocycles. The highest BCUT2D eigenvalue weighted by Gasteiger charge is 2.49. The minimum atomic E-state index is -1.49. The van der Waals surface area contributed by atoms with Crippen molar-refractivity contribution < 1.29 is 22.7 Å². The van der Waals surface area contributed by atoms with E-state index in [0.717, 1.165) is 25.1 Å². The minimum Gasteiger partial charge on any atom is -0.371 e. The summed E-state index contributed by atoms with van der Waals surface area (Å²) in [5, 5.41) is -1.49. The van der Waals surface area contributed by atoms with E-state index < -0.39 is 23.1 Å². The standard InChI is InChI=1S/C21H26F3N2PS.C4H6O2.C2H6/c1-4-28-25-20-17(26(3)12-21(20,24)27)11-14-8-6-10-16(19(14)23)15-9-5-7-13(2)18(15)22;5-3-4-1-2-6-4;1-2/h5-10,17,20,25H,4,11-12,27H2,1-3H3;3-4H,1-2H2;1-2H3. The predicted octanol–water partition coefficient (Wildman–Crippen LogP) is 5.96. The van der Waals surface area contributed by atoms with Gasteiger partial charge in [-0.25, -0.2) is 13.2 Å². The molecule has 9 heteroatoms. The maximum Gasteiger partial charge on any atom is 0.153 e. The van der Waals surface area contributed by atoms with E-state index in [4.69, 9.17) is 4.74 Å². The lowest BCUT2D eigenvalue weighted by Gasteiger charge is -2.28. The van der Waals surface area contributed by atoms with Crippen LogP contribution < -0.4 is 4.72 Å². The Morgan fingerprint density at radius 2 is 1.81 bits per heavy atom. The molecule has 2 fully saturated rings. The van der Waals surface area contributed by atoms with Gasteiger partial charge in [0, 0.05) is 35.9 Å². The molecule has 2 aliphatic rings. The zero-order valence-corrected chi connectivity index (χ0v) is 23.7. The summed E-state index contributed by atoms with van der Waals surface area (Å²) >= 11 is 1.46. The molecular formula is C27H38F3N2O2PS. The Hall–Kier alpha value is -1.44. The molecule has 4 rings (SSSR count). The van der Waals surface area contributed by atoms with Crippen molar-refractivity contribution in [3.63, 3.8) is 0 Å². The highest BCUT2D eigenvalue weighted by atomic mass is 32.2. The molecule has 0 radical (unpaired) electrons. The van der Waals surface area contributed by atoms with Crippen molar-refractivity contribution in [2.75, 3.05) is 26.0 Å². The molecule has 0 aliphatic carbocycles. The Morgan fingerprint density at radius 3 is 2.33 bits per heavy atom. The number of alkyl halides is 1. The Bertz CT molecular complexity index is 991. The molecule has 4 nitrogen and oxygen atoms in total.